The van der Waals surface area contributed by atoms with Gasteiger partial charge in [0.15, 0.2) is 0 Å². The van der Waals surface area contributed by atoms with Crippen LogP contribution in [0.15, 0.2) is 22.7 Å². The summed E-state index contributed by atoms with van der Waals surface area (Å²) in [5.41, 5.74) is 4.20. The Morgan fingerprint density at radius 2 is 2.12 bits per heavy atom. The van der Waals surface area contributed by atoms with Gasteiger partial charge in [0.2, 0.25) is 5.91 Å². The number of amides is 3. The number of nitrogens with one attached hydrogen (secondary N) is 3. The van der Waals surface area contributed by atoms with Crippen molar-refractivity contribution < 1.29 is 14.1 Å². The number of carbonyl (C=O) groups is 2. The summed E-state index contributed by atoms with van der Waals surface area (Å²) >= 11 is 0. The highest BCUT2D eigenvalue weighted by Crippen LogP contribution is 2.26. The van der Waals surface area contributed by atoms with Gasteiger partial charge in [0.1, 0.15) is 5.76 Å². The van der Waals surface area contributed by atoms with E-state index >= 15 is 0 Å². The zero-order chi connectivity index (χ0) is 18.0. The first kappa shape index (κ1) is 17.0. The van der Waals surface area contributed by atoms with Crippen LogP contribution in [0.1, 0.15) is 48.4 Å². The molecule has 0 spiro atoms. The number of anilines is 2. The van der Waals surface area contributed by atoms with Gasteiger partial charge in [-0.1, -0.05) is 5.16 Å². The Hall–Kier alpha value is -2.83. The van der Waals surface area contributed by atoms with Crippen LogP contribution in [0, 0.1) is 13.8 Å². The molecule has 2 heterocycles. The van der Waals surface area contributed by atoms with Crippen LogP contribution >= 0.6 is 0 Å². The summed E-state index contributed by atoms with van der Waals surface area (Å²) < 4.78 is 5.14. The summed E-state index contributed by atoms with van der Waals surface area (Å²) in [6.45, 7) is 5.56. The van der Waals surface area contributed by atoms with E-state index in [1.807, 2.05) is 32.9 Å². The van der Waals surface area contributed by atoms with Gasteiger partial charge in [-0.25, -0.2) is 4.79 Å². The van der Waals surface area contributed by atoms with Gasteiger partial charge >= 0.3 is 6.03 Å². The number of rotatable bonds is 3. The third kappa shape index (κ3) is 3.81. The molecule has 1 atom stereocenters. The Morgan fingerprint density at radius 1 is 1.32 bits per heavy atom. The maximum Gasteiger partial charge on any atom is 0.319 e. The molecule has 3 N–H and O–H groups in total. The number of carbonyl (C=O) groups excluding carboxylic acids is 2. The molecule has 0 bridgehead atoms. The Bertz CT molecular complexity index is 793. The lowest BCUT2D eigenvalue weighted by Gasteiger charge is -2.15. The van der Waals surface area contributed by atoms with Crippen LogP contribution in [-0.2, 0) is 11.2 Å². The molecule has 0 saturated carbocycles. The van der Waals surface area contributed by atoms with E-state index in [0.717, 1.165) is 35.3 Å². The molecule has 2 aromatic rings. The third-order valence-electron chi connectivity index (χ3n) is 4.36. The van der Waals surface area contributed by atoms with E-state index < -0.39 is 0 Å². The minimum Gasteiger partial charge on any atom is -0.361 e. The second-order valence-electron chi connectivity index (χ2n) is 6.33. The summed E-state index contributed by atoms with van der Waals surface area (Å²) in [4.78, 5) is 23.9. The fourth-order valence-corrected chi connectivity index (χ4v) is 3.20. The molecule has 0 radical (unpaired) electrons. The minimum absolute atomic E-state index is 0.0329. The molecule has 1 aliphatic heterocycles. The van der Waals surface area contributed by atoms with Crippen molar-refractivity contribution in [3.8, 4) is 0 Å². The molecule has 3 amide bonds. The first-order valence-electron chi connectivity index (χ1n) is 8.37. The largest absolute Gasteiger partial charge is 0.361 e. The lowest BCUT2D eigenvalue weighted by molar-refractivity contribution is -0.116. The zero-order valence-electron chi connectivity index (χ0n) is 14.6. The number of benzene rings is 1. The van der Waals surface area contributed by atoms with Crippen molar-refractivity contribution >= 4 is 23.3 Å². The van der Waals surface area contributed by atoms with Crippen molar-refractivity contribution in [1.82, 2.24) is 10.5 Å². The Balaban J connectivity index is 1.67. The summed E-state index contributed by atoms with van der Waals surface area (Å²) in [6, 6.07) is 4.99. The molecule has 1 aromatic heterocycles. The molecule has 1 aliphatic rings. The summed E-state index contributed by atoms with van der Waals surface area (Å²) in [6.07, 6.45) is 2.13. The van der Waals surface area contributed by atoms with Crippen molar-refractivity contribution in [2.75, 3.05) is 10.6 Å². The van der Waals surface area contributed by atoms with E-state index in [1.165, 1.54) is 0 Å². The van der Waals surface area contributed by atoms with Gasteiger partial charge in [0.25, 0.3) is 0 Å². The zero-order valence-corrected chi connectivity index (χ0v) is 14.6. The SMILES string of the molecule is Cc1noc(C)c1[C@@H](C)NC(=O)Nc1ccc2c(c1)CCCC(=O)N2. The summed E-state index contributed by atoms with van der Waals surface area (Å²) in [5, 5.41) is 12.5. The predicted molar refractivity (Wildman–Crippen MR) is 94.6 cm³/mol. The van der Waals surface area contributed by atoms with Gasteiger partial charge in [-0.2, -0.15) is 0 Å². The highest BCUT2D eigenvalue weighted by molar-refractivity contribution is 5.94. The van der Waals surface area contributed by atoms with Crippen LogP contribution < -0.4 is 16.0 Å². The molecule has 0 aliphatic carbocycles. The van der Waals surface area contributed by atoms with Crippen molar-refractivity contribution in [2.24, 2.45) is 0 Å². The van der Waals surface area contributed by atoms with Gasteiger partial charge in [-0.15, -0.1) is 0 Å². The molecule has 25 heavy (non-hydrogen) atoms. The average molecular weight is 342 g/mol. The maximum atomic E-state index is 12.3. The highest BCUT2D eigenvalue weighted by atomic mass is 16.5. The molecule has 0 fully saturated rings. The van der Waals surface area contributed by atoms with Crippen LogP contribution in [0.4, 0.5) is 16.2 Å². The average Bonchev–Trinajstić information content (AvgIpc) is 2.76. The number of fused-ring (bicyclic) bond motifs is 1. The number of nitrogens with zero attached hydrogens (tertiary/aromatic N) is 1. The van der Waals surface area contributed by atoms with E-state index in [2.05, 4.69) is 21.1 Å². The van der Waals surface area contributed by atoms with Gasteiger partial charge < -0.3 is 20.5 Å². The van der Waals surface area contributed by atoms with Crippen LogP contribution in [0.2, 0.25) is 0 Å². The number of urea groups is 1. The molecule has 0 saturated heterocycles. The quantitative estimate of drug-likeness (QED) is 0.796. The van der Waals surface area contributed by atoms with E-state index in [4.69, 9.17) is 4.52 Å². The number of hydrogen-bond acceptors (Lipinski definition) is 4. The second-order valence-corrected chi connectivity index (χ2v) is 6.33. The van der Waals surface area contributed by atoms with Crippen LogP contribution in [0.25, 0.3) is 0 Å². The second kappa shape index (κ2) is 6.96. The van der Waals surface area contributed by atoms with Crippen LogP contribution in [-0.4, -0.2) is 17.1 Å². The fourth-order valence-electron chi connectivity index (χ4n) is 3.20. The molecule has 0 unspecified atom stereocenters. The molecule has 132 valence electrons. The summed E-state index contributed by atoms with van der Waals surface area (Å²) in [5.74, 6) is 0.733. The van der Waals surface area contributed by atoms with Crippen LogP contribution in [0.5, 0.6) is 0 Å². The maximum absolute atomic E-state index is 12.3. The lowest BCUT2D eigenvalue weighted by atomic mass is 10.1. The number of aryl methyl sites for hydroxylation is 3. The normalized spacial score (nSPS) is 14.9. The Morgan fingerprint density at radius 3 is 2.84 bits per heavy atom. The van der Waals surface area contributed by atoms with E-state index in [0.29, 0.717) is 17.9 Å². The monoisotopic (exact) mass is 342 g/mol. The minimum atomic E-state index is -0.301. The molecular weight excluding hydrogens is 320 g/mol. The first-order chi connectivity index (χ1) is 11.9. The molecule has 1 aromatic carbocycles. The van der Waals surface area contributed by atoms with Crippen molar-refractivity contribution in [3.63, 3.8) is 0 Å². The van der Waals surface area contributed by atoms with Crippen LogP contribution in [0.3, 0.4) is 0 Å². The third-order valence-corrected chi connectivity index (χ3v) is 4.36. The van der Waals surface area contributed by atoms with E-state index in [9.17, 15) is 9.59 Å². The first-order valence-corrected chi connectivity index (χ1v) is 8.37. The Labute approximate surface area is 146 Å². The smallest absolute Gasteiger partial charge is 0.319 e. The topological polar surface area (TPSA) is 96.3 Å². The predicted octanol–water partition coefficient (Wildman–Crippen LogP) is 3.45. The van der Waals surface area contributed by atoms with E-state index in [1.54, 1.807) is 6.07 Å². The van der Waals surface area contributed by atoms with Gasteiger partial charge in [0.05, 0.1) is 11.7 Å². The van der Waals surface area contributed by atoms with Crippen molar-refractivity contribution in [2.45, 2.75) is 46.1 Å². The Kier molecular flexibility index (Phi) is 4.74. The number of hydrogen-bond donors (Lipinski definition) is 3. The van der Waals surface area contributed by atoms with Crippen molar-refractivity contribution in [1.29, 1.82) is 0 Å². The van der Waals surface area contributed by atoms with Crippen molar-refractivity contribution in [3.05, 3.63) is 40.8 Å². The molecule has 3 rings (SSSR count). The summed E-state index contributed by atoms with van der Waals surface area (Å²) in [7, 11) is 0. The standard InChI is InChI=1S/C18H22N4O3/c1-10(17-11(2)22-25-12(17)3)19-18(24)20-14-7-8-15-13(9-14)5-4-6-16(23)21-15/h7-10H,4-6H2,1-3H3,(H,21,23)(H2,19,20,24)/t10-/m1/s1. The highest BCUT2D eigenvalue weighted by Gasteiger charge is 2.19. The lowest BCUT2D eigenvalue weighted by Crippen LogP contribution is -2.31. The number of aromatic nitrogens is 1. The van der Waals surface area contributed by atoms with Gasteiger partial charge in [0, 0.05) is 23.4 Å². The molecular formula is C18H22N4O3. The fraction of sp³-hybridized carbons (Fsp3) is 0.389. The molecule has 7 heteroatoms. The van der Waals surface area contributed by atoms with E-state index in [-0.39, 0.29) is 18.0 Å². The molecule has 7 nitrogen and oxygen atoms in total. The van der Waals surface area contributed by atoms with Gasteiger partial charge in [-0.3, -0.25) is 4.79 Å². The van der Waals surface area contributed by atoms with Gasteiger partial charge in [-0.05, 0) is 57.4 Å².